The third-order valence-corrected chi connectivity index (χ3v) is 11.0. The van der Waals surface area contributed by atoms with Crippen LogP contribution in [-0.4, -0.2) is 26.4 Å². The Balaban J connectivity index is 1.68. The molecule has 8 N–H and O–H groups in total. The lowest BCUT2D eigenvalue weighted by Crippen LogP contribution is -2.11. The average Bonchev–Trinajstić information content (AvgIpc) is 3.17. The summed E-state index contributed by atoms with van der Waals surface area (Å²) in [5, 5.41) is 0. The summed E-state index contributed by atoms with van der Waals surface area (Å²) < 4.78 is 27.0. The van der Waals surface area contributed by atoms with Crippen molar-refractivity contribution in [2.24, 2.45) is 0 Å². The summed E-state index contributed by atoms with van der Waals surface area (Å²) in [6.45, 7) is 11.2. The standard InChI is InChI=1S/C50H72N4O4/c1-5-9-11-13-15-17-21-57-49-39-23-35-27-43(51)29-37(47(35)55-19-7-3)25-41-33-46(54)34-42(50(41)58-22-18-16-14-12-10-6-2)26-38-30-44(52)28-36(48(38)56-20-8-4)24-40(49)32-45(53)31-39/h27-34H,5-26,51-54H2,1-4H3. The number of rotatable bonds is 22. The topological polar surface area (TPSA) is 141 Å². The van der Waals surface area contributed by atoms with Gasteiger partial charge in [0.1, 0.15) is 23.0 Å². The number of hydrogen-bond acceptors (Lipinski definition) is 8. The molecule has 0 aromatic heterocycles. The van der Waals surface area contributed by atoms with Gasteiger partial charge in [0.2, 0.25) is 0 Å². The largest absolute Gasteiger partial charge is 0.493 e. The molecule has 8 heteroatoms. The molecule has 5 rings (SSSR count). The van der Waals surface area contributed by atoms with Crippen LogP contribution in [-0.2, 0) is 25.7 Å². The summed E-state index contributed by atoms with van der Waals surface area (Å²) in [5.74, 6) is 3.39. The third-order valence-electron chi connectivity index (χ3n) is 11.0. The van der Waals surface area contributed by atoms with E-state index in [1.165, 1.54) is 51.4 Å². The van der Waals surface area contributed by atoms with Crippen LogP contribution >= 0.6 is 0 Å². The quantitative estimate of drug-likeness (QED) is 0.0401. The Morgan fingerprint density at radius 2 is 0.534 bits per heavy atom. The van der Waals surface area contributed by atoms with E-state index in [1.807, 2.05) is 48.5 Å². The lowest BCUT2D eigenvalue weighted by molar-refractivity contribution is 0.296. The number of ether oxygens (including phenoxy) is 4. The van der Waals surface area contributed by atoms with Gasteiger partial charge in [0, 0.05) is 92.9 Å². The maximum atomic E-state index is 6.83. The van der Waals surface area contributed by atoms with Crippen LogP contribution < -0.4 is 41.9 Å². The summed E-state index contributed by atoms with van der Waals surface area (Å²) in [5.41, 5.74) is 37.7. The maximum absolute atomic E-state index is 6.83. The van der Waals surface area contributed by atoms with Gasteiger partial charge in [-0.1, -0.05) is 91.9 Å². The first kappa shape index (κ1) is 44.4. The van der Waals surface area contributed by atoms with Crippen LogP contribution in [0.2, 0.25) is 0 Å². The molecule has 0 spiro atoms. The van der Waals surface area contributed by atoms with Crippen LogP contribution in [0.25, 0.3) is 0 Å². The Morgan fingerprint density at radius 1 is 0.310 bits per heavy atom. The highest BCUT2D eigenvalue weighted by atomic mass is 16.5. The molecule has 4 aromatic rings. The van der Waals surface area contributed by atoms with Crippen LogP contribution in [0.3, 0.4) is 0 Å². The SMILES string of the molecule is CCCCCCCCOc1c2cc(N)cc1Cc1cc(N)cc(c1OCCC)Cc1cc(N)cc(c1OCCCCCCCC)Cc1cc(N)cc(c1OCCC)C2. The predicted octanol–water partition coefficient (Wildman–Crippen LogP) is 11.7. The Kier molecular flexibility index (Phi) is 17.6. The molecular weight excluding hydrogens is 721 g/mol. The first-order chi connectivity index (χ1) is 28.2. The summed E-state index contributed by atoms with van der Waals surface area (Å²) >= 11 is 0. The van der Waals surface area contributed by atoms with E-state index in [-0.39, 0.29) is 0 Å². The van der Waals surface area contributed by atoms with E-state index < -0.39 is 0 Å². The van der Waals surface area contributed by atoms with Crippen molar-refractivity contribution < 1.29 is 18.9 Å². The fourth-order valence-corrected chi connectivity index (χ4v) is 8.26. The van der Waals surface area contributed by atoms with E-state index in [9.17, 15) is 0 Å². The average molecular weight is 793 g/mol. The summed E-state index contributed by atoms with van der Waals surface area (Å²) in [4.78, 5) is 0. The molecule has 8 nitrogen and oxygen atoms in total. The van der Waals surface area contributed by atoms with Gasteiger partial charge >= 0.3 is 0 Å². The fourth-order valence-electron chi connectivity index (χ4n) is 8.26. The molecular formula is C50H72N4O4. The van der Waals surface area contributed by atoms with Crippen LogP contribution in [0.4, 0.5) is 22.7 Å². The second-order valence-corrected chi connectivity index (χ2v) is 16.3. The molecule has 0 aliphatic heterocycles. The highest BCUT2D eigenvalue weighted by molar-refractivity contribution is 5.64. The van der Waals surface area contributed by atoms with Crippen LogP contribution in [0.1, 0.15) is 162 Å². The summed E-state index contributed by atoms with van der Waals surface area (Å²) in [6, 6.07) is 16.4. The highest BCUT2D eigenvalue weighted by Gasteiger charge is 2.24. The van der Waals surface area contributed by atoms with Crippen LogP contribution in [0, 0.1) is 0 Å². The number of unbranched alkanes of at least 4 members (excludes halogenated alkanes) is 10. The van der Waals surface area contributed by atoms with Gasteiger partial charge < -0.3 is 41.9 Å². The molecule has 58 heavy (non-hydrogen) atoms. The fraction of sp³-hybridized carbons (Fsp3) is 0.520. The van der Waals surface area contributed by atoms with Crippen LogP contribution in [0.5, 0.6) is 23.0 Å². The van der Waals surface area contributed by atoms with E-state index in [0.29, 0.717) is 74.9 Å². The van der Waals surface area contributed by atoms with E-state index in [4.69, 9.17) is 41.9 Å². The molecule has 0 amide bonds. The monoisotopic (exact) mass is 793 g/mol. The minimum Gasteiger partial charge on any atom is -0.493 e. The van der Waals surface area contributed by atoms with Gasteiger partial charge in [-0.3, -0.25) is 0 Å². The van der Waals surface area contributed by atoms with E-state index in [2.05, 4.69) is 27.7 Å². The zero-order valence-electron chi connectivity index (χ0n) is 36.1. The molecule has 0 unspecified atom stereocenters. The van der Waals surface area contributed by atoms with Gasteiger partial charge in [0.05, 0.1) is 26.4 Å². The van der Waals surface area contributed by atoms with Gasteiger partial charge in [-0.2, -0.15) is 0 Å². The van der Waals surface area contributed by atoms with Crippen molar-refractivity contribution >= 4 is 22.7 Å². The Labute approximate surface area is 349 Å². The molecule has 4 aromatic carbocycles. The van der Waals surface area contributed by atoms with Crippen molar-refractivity contribution in [2.45, 2.75) is 143 Å². The lowest BCUT2D eigenvalue weighted by Gasteiger charge is -2.24. The minimum atomic E-state index is 0.534. The maximum Gasteiger partial charge on any atom is 0.126 e. The van der Waals surface area contributed by atoms with E-state index >= 15 is 0 Å². The van der Waals surface area contributed by atoms with Crippen molar-refractivity contribution in [1.82, 2.24) is 0 Å². The Bertz CT molecular complexity index is 1670. The molecule has 316 valence electrons. The van der Waals surface area contributed by atoms with Crippen molar-refractivity contribution in [3.05, 3.63) is 93.0 Å². The first-order valence-corrected chi connectivity index (χ1v) is 22.4. The van der Waals surface area contributed by atoms with Crippen LogP contribution in [0.15, 0.2) is 48.5 Å². The minimum absolute atomic E-state index is 0.534. The number of hydrogen-bond donors (Lipinski definition) is 4. The second-order valence-electron chi connectivity index (χ2n) is 16.3. The number of fused-ring (bicyclic) bond motifs is 8. The van der Waals surface area contributed by atoms with Gasteiger partial charge in [-0.15, -0.1) is 0 Å². The molecule has 0 radical (unpaired) electrons. The van der Waals surface area contributed by atoms with Gasteiger partial charge in [0.25, 0.3) is 0 Å². The summed E-state index contributed by atoms with van der Waals surface area (Å²) in [6.07, 6.45) is 18.1. The lowest BCUT2D eigenvalue weighted by atomic mass is 9.90. The zero-order valence-corrected chi connectivity index (χ0v) is 36.1. The highest BCUT2D eigenvalue weighted by Crippen LogP contribution is 2.42. The normalized spacial score (nSPS) is 12.3. The predicted molar refractivity (Wildman–Crippen MR) is 244 cm³/mol. The molecule has 0 saturated heterocycles. The number of nitrogen functional groups attached to an aromatic ring is 4. The number of benzene rings is 4. The number of nitrogens with two attached hydrogens (primary N) is 4. The molecule has 0 atom stereocenters. The molecule has 8 bridgehead atoms. The molecule has 0 heterocycles. The molecule has 1 aliphatic rings. The Hall–Kier alpha value is -4.72. The molecule has 0 saturated carbocycles. The zero-order chi connectivity index (χ0) is 41.3. The molecule has 0 fully saturated rings. The summed E-state index contributed by atoms with van der Waals surface area (Å²) in [7, 11) is 0. The molecule has 1 aliphatic carbocycles. The van der Waals surface area contributed by atoms with Crippen molar-refractivity contribution in [3.8, 4) is 23.0 Å². The smallest absolute Gasteiger partial charge is 0.126 e. The van der Waals surface area contributed by atoms with E-state index in [0.717, 1.165) is 106 Å². The Morgan fingerprint density at radius 3 is 0.776 bits per heavy atom. The van der Waals surface area contributed by atoms with Gasteiger partial charge in [0.15, 0.2) is 0 Å². The van der Waals surface area contributed by atoms with Crippen molar-refractivity contribution in [2.75, 3.05) is 49.4 Å². The van der Waals surface area contributed by atoms with Gasteiger partial charge in [-0.25, -0.2) is 0 Å². The first-order valence-electron chi connectivity index (χ1n) is 22.4. The third kappa shape index (κ3) is 12.6. The number of anilines is 4. The van der Waals surface area contributed by atoms with Crippen molar-refractivity contribution in [3.63, 3.8) is 0 Å². The van der Waals surface area contributed by atoms with Crippen molar-refractivity contribution in [1.29, 1.82) is 0 Å². The van der Waals surface area contributed by atoms with E-state index in [1.54, 1.807) is 0 Å². The van der Waals surface area contributed by atoms with Gasteiger partial charge in [-0.05, 0) is 74.2 Å². The second kappa shape index (κ2) is 23.0.